The number of hydrogen-bond acceptors (Lipinski definition) is 4. The number of rotatable bonds is 2. The standard InChI is InChI=1S/C12H19N3O/c1-9-7-15(6-5-11(9)16)8-10-3-2-4-12(13)14-10/h2-4,9,11,16H,5-8H2,1H3,(H2,13,14). The number of aliphatic hydroxyl groups excluding tert-OH is 1. The molecule has 2 rings (SSSR count). The third-order valence-electron chi connectivity index (χ3n) is 3.16. The second-order valence-corrected chi connectivity index (χ2v) is 4.62. The van der Waals surface area contributed by atoms with Crippen LogP contribution in [0.3, 0.4) is 0 Å². The SMILES string of the molecule is CC1CN(Cc2cccc(N)n2)CCC1O. The summed E-state index contributed by atoms with van der Waals surface area (Å²) in [5.41, 5.74) is 6.65. The van der Waals surface area contributed by atoms with Gasteiger partial charge in [0.1, 0.15) is 5.82 Å². The lowest BCUT2D eigenvalue weighted by molar-refractivity contribution is 0.0316. The van der Waals surface area contributed by atoms with Gasteiger partial charge in [-0.1, -0.05) is 13.0 Å². The van der Waals surface area contributed by atoms with Gasteiger partial charge in [0.15, 0.2) is 0 Å². The summed E-state index contributed by atoms with van der Waals surface area (Å²) in [5, 5.41) is 9.64. The van der Waals surface area contributed by atoms with Gasteiger partial charge in [-0.3, -0.25) is 4.90 Å². The van der Waals surface area contributed by atoms with Crippen molar-refractivity contribution in [2.45, 2.75) is 26.0 Å². The molecular formula is C12H19N3O. The molecule has 88 valence electrons. The van der Waals surface area contributed by atoms with Gasteiger partial charge < -0.3 is 10.8 Å². The molecule has 1 aromatic heterocycles. The third-order valence-corrected chi connectivity index (χ3v) is 3.16. The molecule has 16 heavy (non-hydrogen) atoms. The van der Waals surface area contributed by atoms with E-state index in [2.05, 4.69) is 16.8 Å². The summed E-state index contributed by atoms with van der Waals surface area (Å²) in [6.07, 6.45) is 0.703. The van der Waals surface area contributed by atoms with Gasteiger partial charge in [-0.2, -0.15) is 0 Å². The summed E-state index contributed by atoms with van der Waals surface area (Å²) in [6.45, 7) is 4.77. The molecule has 0 aliphatic carbocycles. The normalized spacial score (nSPS) is 26.9. The van der Waals surface area contributed by atoms with Crippen molar-refractivity contribution in [2.75, 3.05) is 18.8 Å². The lowest BCUT2D eigenvalue weighted by Crippen LogP contribution is -2.41. The number of piperidine rings is 1. The zero-order valence-electron chi connectivity index (χ0n) is 9.63. The van der Waals surface area contributed by atoms with E-state index in [9.17, 15) is 5.11 Å². The summed E-state index contributed by atoms with van der Waals surface area (Å²) in [6, 6.07) is 5.72. The predicted molar refractivity (Wildman–Crippen MR) is 63.7 cm³/mol. The Balaban J connectivity index is 1.95. The number of anilines is 1. The van der Waals surface area contributed by atoms with Gasteiger partial charge in [0.05, 0.1) is 11.8 Å². The highest BCUT2D eigenvalue weighted by Gasteiger charge is 2.24. The molecular weight excluding hydrogens is 202 g/mol. The average Bonchev–Trinajstić information content (AvgIpc) is 2.24. The number of pyridine rings is 1. The number of nitrogen functional groups attached to an aromatic ring is 1. The number of hydrogen-bond donors (Lipinski definition) is 2. The van der Waals surface area contributed by atoms with Crippen LogP contribution in [0.5, 0.6) is 0 Å². The van der Waals surface area contributed by atoms with Crippen LogP contribution in [-0.2, 0) is 6.54 Å². The Morgan fingerprint density at radius 2 is 2.38 bits per heavy atom. The molecule has 0 aromatic carbocycles. The molecule has 1 aromatic rings. The molecule has 0 saturated carbocycles. The minimum Gasteiger partial charge on any atom is -0.393 e. The first-order valence-electron chi connectivity index (χ1n) is 5.77. The minimum absolute atomic E-state index is 0.148. The first-order chi connectivity index (χ1) is 7.65. The van der Waals surface area contributed by atoms with Crippen molar-refractivity contribution in [3.05, 3.63) is 23.9 Å². The Labute approximate surface area is 96.1 Å². The largest absolute Gasteiger partial charge is 0.393 e. The van der Waals surface area contributed by atoms with E-state index in [0.717, 1.165) is 31.7 Å². The fourth-order valence-corrected chi connectivity index (χ4v) is 2.18. The van der Waals surface area contributed by atoms with Crippen LogP contribution >= 0.6 is 0 Å². The molecule has 1 aliphatic heterocycles. The lowest BCUT2D eigenvalue weighted by atomic mass is 9.97. The maximum absolute atomic E-state index is 9.64. The van der Waals surface area contributed by atoms with Crippen molar-refractivity contribution < 1.29 is 5.11 Å². The van der Waals surface area contributed by atoms with Crippen LogP contribution in [0, 0.1) is 5.92 Å². The van der Waals surface area contributed by atoms with Crippen LogP contribution in [0.2, 0.25) is 0 Å². The van der Waals surface area contributed by atoms with E-state index in [1.165, 1.54) is 0 Å². The van der Waals surface area contributed by atoms with Crippen LogP contribution in [0.4, 0.5) is 5.82 Å². The van der Waals surface area contributed by atoms with Crippen LogP contribution in [-0.4, -0.2) is 34.2 Å². The molecule has 0 amide bonds. The fraction of sp³-hybridized carbons (Fsp3) is 0.583. The molecule has 0 spiro atoms. The second kappa shape index (κ2) is 4.80. The molecule has 4 nitrogen and oxygen atoms in total. The van der Waals surface area contributed by atoms with Gasteiger partial charge in [0, 0.05) is 19.6 Å². The van der Waals surface area contributed by atoms with Gasteiger partial charge in [-0.25, -0.2) is 4.98 Å². The Hall–Kier alpha value is -1.13. The summed E-state index contributed by atoms with van der Waals surface area (Å²) >= 11 is 0. The molecule has 2 unspecified atom stereocenters. The van der Waals surface area contributed by atoms with Crippen molar-refractivity contribution in [3.8, 4) is 0 Å². The first-order valence-corrected chi connectivity index (χ1v) is 5.77. The third kappa shape index (κ3) is 2.71. The molecule has 0 bridgehead atoms. The van der Waals surface area contributed by atoms with Crippen molar-refractivity contribution in [1.82, 2.24) is 9.88 Å². The zero-order valence-corrected chi connectivity index (χ0v) is 9.63. The quantitative estimate of drug-likeness (QED) is 0.777. The van der Waals surface area contributed by atoms with E-state index >= 15 is 0 Å². The van der Waals surface area contributed by atoms with Gasteiger partial charge in [-0.15, -0.1) is 0 Å². The summed E-state index contributed by atoms with van der Waals surface area (Å²) in [7, 11) is 0. The summed E-state index contributed by atoms with van der Waals surface area (Å²) in [5.74, 6) is 0.914. The topological polar surface area (TPSA) is 62.4 Å². The molecule has 1 aliphatic rings. The van der Waals surface area contributed by atoms with E-state index < -0.39 is 0 Å². The van der Waals surface area contributed by atoms with Crippen LogP contribution in [0.25, 0.3) is 0 Å². The van der Waals surface area contributed by atoms with E-state index in [4.69, 9.17) is 5.73 Å². The molecule has 3 N–H and O–H groups in total. The smallest absolute Gasteiger partial charge is 0.123 e. The molecule has 4 heteroatoms. The Morgan fingerprint density at radius 3 is 3.06 bits per heavy atom. The Bertz CT molecular complexity index is 356. The van der Waals surface area contributed by atoms with Crippen LogP contribution < -0.4 is 5.73 Å². The predicted octanol–water partition coefficient (Wildman–Crippen LogP) is 0.867. The monoisotopic (exact) mass is 221 g/mol. The molecule has 1 saturated heterocycles. The Morgan fingerprint density at radius 1 is 1.56 bits per heavy atom. The van der Waals surface area contributed by atoms with Gasteiger partial charge in [0.25, 0.3) is 0 Å². The maximum Gasteiger partial charge on any atom is 0.123 e. The molecule has 0 radical (unpaired) electrons. The zero-order chi connectivity index (χ0) is 11.5. The van der Waals surface area contributed by atoms with Crippen molar-refractivity contribution in [1.29, 1.82) is 0 Å². The fourth-order valence-electron chi connectivity index (χ4n) is 2.18. The number of nitrogens with zero attached hydrogens (tertiary/aromatic N) is 2. The lowest BCUT2D eigenvalue weighted by Gasteiger charge is -2.34. The van der Waals surface area contributed by atoms with Crippen molar-refractivity contribution in [3.63, 3.8) is 0 Å². The van der Waals surface area contributed by atoms with E-state index in [1.807, 2.05) is 12.1 Å². The summed E-state index contributed by atoms with van der Waals surface area (Å²) < 4.78 is 0. The Kier molecular flexibility index (Phi) is 3.41. The number of nitrogens with two attached hydrogens (primary N) is 1. The molecule has 2 atom stereocenters. The summed E-state index contributed by atoms with van der Waals surface area (Å²) in [4.78, 5) is 6.60. The highest BCUT2D eigenvalue weighted by atomic mass is 16.3. The van der Waals surface area contributed by atoms with Crippen LogP contribution in [0.1, 0.15) is 19.0 Å². The highest BCUT2D eigenvalue weighted by Crippen LogP contribution is 2.18. The van der Waals surface area contributed by atoms with Gasteiger partial charge in [-0.05, 0) is 24.5 Å². The minimum atomic E-state index is -0.148. The molecule has 2 heterocycles. The molecule has 1 fully saturated rings. The number of aromatic nitrogens is 1. The number of likely N-dealkylation sites (tertiary alicyclic amines) is 1. The maximum atomic E-state index is 9.64. The van der Waals surface area contributed by atoms with Gasteiger partial charge in [0.2, 0.25) is 0 Å². The van der Waals surface area contributed by atoms with E-state index in [-0.39, 0.29) is 6.10 Å². The highest BCUT2D eigenvalue weighted by molar-refractivity contribution is 5.28. The average molecular weight is 221 g/mol. The van der Waals surface area contributed by atoms with Gasteiger partial charge >= 0.3 is 0 Å². The first kappa shape index (κ1) is 11.4. The van der Waals surface area contributed by atoms with Crippen molar-refractivity contribution in [2.24, 2.45) is 5.92 Å². The van der Waals surface area contributed by atoms with E-state index in [0.29, 0.717) is 11.7 Å². The number of aliphatic hydroxyl groups is 1. The van der Waals surface area contributed by atoms with Crippen molar-refractivity contribution >= 4 is 5.82 Å². The van der Waals surface area contributed by atoms with E-state index in [1.54, 1.807) is 6.07 Å². The second-order valence-electron chi connectivity index (χ2n) is 4.62. The van der Waals surface area contributed by atoms with Crippen LogP contribution in [0.15, 0.2) is 18.2 Å².